The standard InChI is InChI=1S/C17H18N2O11/c1-29-16(23)17(24)7-12(20)15(22)13(8-17)30-14(21)5-3-9-2-4-10(18(25)26)11(6-9)19(27)28/h2-6,12-13,15,20,22,24H,7-8H2,1H3/b5-3+/t12-,13-,15-,17+/m1/s1. The highest BCUT2D eigenvalue weighted by molar-refractivity contribution is 5.87. The van der Waals surface area contributed by atoms with Gasteiger partial charge in [0.25, 0.3) is 0 Å². The van der Waals surface area contributed by atoms with E-state index >= 15 is 0 Å². The minimum absolute atomic E-state index is 0.0829. The summed E-state index contributed by atoms with van der Waals surface area (Å²) in [6, 6.07) is 2.96. The van der Waals surface area contributed by atoms with Crippen molar-refractivity contribution in [3.63, 3.8) is 0 Å². The molecule has 30 heavy (non-hydrogen) atoms. The SMILES string of the molecule is COC(=O)[C@]1(O)C[C@@H](O)[C@@H](O)[C@H](OC(=O)/C=C/c2ccc([N+](=O)[O-])c([N+](=O)[O-])c2)C1. The van der Waals surface area contributed by atoms with E-state index in [1.54, 1.807) is 0 Å². The molecule has 0 spiro atoms. The van der Waals surface area contributed by atoms with Gasteiger partial charge in [-0.3, -0.25) is 20.2 Å². The van der Waals surface area contributed by atoms with Crippen LogP contribution in [0.5, 0.6) is 0 Å². The molecule has 0 unspecified atom stereocenters. The maximum absolute atomic E-state index is 12.0. The molecule has 4 atom stereocenters. The fourth-order valence-electron chi connectivity index (χ4n) is 3.02. The number of carbonyl (C=O) groups is 2. The number of aliphatic hydroxyl groups is 3. The maximum atomic E-state index is 12.0. The molecule has 3 N–H and O–H groups in total. The van der Waals surface area contributed by atoms with Gasteiger partial charge in [-0.15, -0.1) is 0 Å². The van der Waals surface area contributed by atoms with Gasteiger partial charge in [0.15, 0.2) is 5.60 Å². The van der Waals surface area contributed by atoms with Gasteiger partial charge in [-0.05, 0) is 17.7 Å². The number of ether oxygens (including phenoxy) is 2. The van der Waals surface area contributed by atoms with Crippen LogP contribution in [-0.4, -0.2) is 68.1 Å². The molecule has 13 heteroatoms. The van der Waals surface area contributed by atoms with E-state index in [4.69, 9.17) is 4.74 Å². The number of aliphatic hydroxyl groups excluding tert-OH is 2. The van der Waals surface area contributed by atoms with Crippen LogP contribution in [0.3, 0.4) is 0 Å². The number of benzene rings is 1. The monoisotopic (exact) mass is 426 g/mol. The lowest BCUT2D eigenvalue weighted by Gasteiger charge is -2.39. The molecule has 0 heterocycles. The van der Waals surface area contributed by atoms with E-state index in [9.17, 15) is 45.1 Å². The first kappa shape index (κ1) is 22.9. The zero-order valence-electron chi connectivity index (χ0n) is 15.5. The summed E-state index contributed by atoms with van der Waals surface area (Å²) in [5.74, 6) is -2.12. The van der Waals surface area contributed by atoms with Crippen molar-refractivity contribution in [2.45, 2.75) is 36.8 Å². The average molecular weight is 426 g/mol. The van der Waals surface area contributed by atoms with Crippen molar-refractivity contribution >= 4 is 29.4 Å². The van der Waals surface area contributed by atoms with Gasteiger partial charge in [0.1, 0.15) is 12.2 Å². The Morgan fingerprint density at radius 3 is 2.37 bits per heavy atom. The molecular weight excluding hydrogens is 408 g/mol. The van der Waals surface area contributed by atoms with Crippen LogP contribution in [0.4, 0.5) is 11.4 Å². The maximum Gasteiger partial charge on any atom is 0.346 e. The number of nitro groups is 2. The molecule has 1 saturated carbocycles. The Balaban J connectivity index is 2.15. The summed E-state index contributed by atoms with van der Waals surface area (Å²) in [7, 11) is 1.02. The van der Waals surface area contributed by atoms with Gasteiger partial charge in [0.05, 0.1) is 23.1 Å². The Bertz CT molecular complexity index is 900. The van der Waals surface area contributed by atoms with E-state index in [2.05, 4.69) is 4.74 Å². The second-order valence-electron chi connectivity index (χ2n) is 6.56. The summed E-state index contributed by atoms with van der Waals surface area (Å²) >= 11 is 0. The molecule has 1 aromatic rings. The van der Waals surface area contributed by atoms with Crippen LogP contribution < -0.4 is 0 Å². The second-order valence-corrected chi connectivity index (χ2v) is 6.56. The molecule has 1 aliphatic rings. The van der Waals surface area contributed by atoms with Crippen molar-refractivity contribution in [1.29, 1.82) is 0 Å². The quantitative estimate of drug-likeness (QED) is 0.236. The Hall–Kier alpha value is -3.42. The lowest BCUT2D eigenvalue weighted by Crippen LogP contribution is -2.57. The van der Waals surface area contributed by atoms with Crippen molar-refractivity contribution in [2.75, 3.05) is 7.11 Å². The van der Waals surface area contributed by atoms with E-state index in [1.165, 1.54) is 6.07 Å². The molecule has 1 fully saturated rings. The largest absolute Gasteiger partial charge is 0.467 e. The van der Waals surface area contributed by atoms with Crippen LogP contribution >= 0.6 is 0 Å². The first-order chi connectivity index (χ1) is 14.0. The highest BCUT2D eigenvalue weighted by Gasteiger charge is 2.51. The number of hydrogen-bond acceptors (Lipinski definition) is 11. The molecule has 1 aromatic carbocycles. The van der Waals surface area contributed by atoms with Gasteiger partial charge in [-0.2, -0.15) is 0 Å². The van der Waals surface area contributed by atoms with Crippen LogP contribution in [0, 0.1) is 20.2 Å². The number of methoxy groups -OCH3 is 1. The summed E-state index contributed by atoms with van der Waals surface area (Å²) in [6.07, 6.45) is -3.72. The number of nitrogens with zero attached hydrogens (tertiary/aromatic N) is 2. The minimum atomic E-state index is -2.17. The van der Waals surface area contributed by atoms with Crippen LogP contribution in [0.25, 0.3) is 6.08 Å². The highest BCUT2D eigenvalue weighted by atomic mass is 16.6. The second kappa shape index (κ2) is 8.94. The van der Waals surface area contributed by atoms with Crippen LogP contribution in [0.1, 0.15) is 18.4 Å². The molecule has 13 nitrogen and oxygen atoms in total. The zero-order valence-corrected chi connectivity index (χ0v) is 15.5. The summed E-state index contributed by atoms with van der Waals surface area (Å²) in [5.41, 5.74) is -3.58. The first-order valence-electron chi connectivity index (χ1n) is 8.47. The minimum Gasteiger partial charge on any atom is -0.467 e. The normalized spacial score (nSPS) is 26.2. The molecule has 0 amide bonds. The lowest BCUT2D eigenvalue weighted by molar-refractivity contribution is -0.422. The van der Waals surface area contributed by atoms with Gasteiger partial charge in [0.2, 0.25) is 0 Å². The third kappa shape index (κ3) is 4.94. The molecule has 2 rings (SSSR count). The van der Waals surface area contributed by atoms with E-state index in [-0.39, 0.29) is 5.56 Å². The number of esters is 2. The predicted molar refractivity (Wildman–Crippen MR) is 96.9 cm³/mol. The van der Waals surface area contributed by atoms with E-state index in [0.717, 1.165) is 31.4 Å². The summed E-state index contributed by atoms with van der Waals surface area (Å²) in [4.78, 5) is 43.7. The summed E-state index contributed by atoms with van der Waals surface area (Å²) in [5, 5.41) is 51.9. The van der Waals surface area contributed by atoms with E-state index < -0.39 is 69.9 Å². The summed E-state index contributed by atoms with van der Waals surface area (Å²) < 4.78 is 9.43. The lowest BCUT2D eigenvalue weighted by atomic mass is 9.79. The molecule has 0 radical (unpaired) electrons. The van der Waals surface area contributed by atoms with Gasteiger partial charge in [0, 0.05) is 31.1 Å². The molecule has 162 valence electrons. The van der Waals surface area contributed by atoms with E-state index in [0.29, 0.717) is 0 Å². The van der Waals surface area contributed by atoms with Crippen LogP contribution in [-0.2, 0) is 19.1 Å². The molecular formula is C17H18N2O11. The van der Waals surface area contributed by atoms with Crippen molar-refractivity contribution in [1.82, 2.24) is 0 Å². The van der Waals surface area contributed by atoms with E-state index in [1.807, 2.05) is 0 Å². The van der Waals surface area contributed by atoms with Gasteiger partial charge >= 0.3 is 23.3 Å². The first-order valence-corrected chi connectivity index (χ1v) is 8.47. The Morgan fingerprint density at radius 1 is 1.17 bits per heavy atom. The van der Waals surface area contributed by atoms with Gasteiger partial charge in [-0.1, -0.05) is 0 Å². The molecule has 1 aliphatic carbocycles. The summed E-state index contributed by atoms with van der Waals surface area (Å²) in [6.45, 7) is 0. The smallest absolute Gasteiger partial charge is 0.346 e. The number of carbonyl (C=O) groups excluding carboxylic acids is 2. The van der Waals surface area contributed by atoms with Gasteiger partial charge in [-0.25, -0.2) is 9.59 Å². The van der Waals surface area contributed by atoms with Crippen LogP contribution in [0.2, 0.25) is 0 Å². The zero-order chi connectivity index (χ0) is 22.6. The fourth-order valence-corrected chi connectivity index (χ4v) is 3.02. The fraction of sp³-hybridized carbons (Fsp3) is 0.412. The Morgan fingerprint density at radius 2 is 1.80 bits per heavy atom. The highest BCUT2D eigenvalue weighted by Crippen LogP contribution is 2.32. The average Bonchev–Trinajstić information content (AvgIpc) is 2.69. The Labute approximate surface area is 168 Å². The van der Waals surface area contributed by atoms with Crippen molar-refractivity contribution in [3.8, 4) is 0 Å². The van der Waals surface area contributed by atoms with Crippen molar-refractivity contribution in [3.05, 3.63) is 50.1 Å². The predicted octanol–water partition coefficient (Wildman–Crippen LogP) is -0.152. The number of hydrogen-bond donors (Lipinski definition) is 3. The molecule has 0 aliphatic heterocycles. The number of rotatable bonds is 6. The third-order valence-electron chi connectivity index (χ3n) is 4.50. The van der Waals surface area contributed by atoms with Crippen LogP contribution in [0.15, 0.2) is 24.3 Å². The molecule has 0 aromatic heterocycles. The van der Waals surface area contributed by atoms with Crippen molar-refractivity contribution < 1.29 is 44.2 Å². The third-order valence-corrected chi connectivity index (χ3v) is 4.50. The Kier molecular flexibility index (Phi) is 6.81. The topological polar surface area (TPSA) is 200 Å². The van der Waals surface area contributed by atoms with Crippen molar-refractivity contribution in [2.24, 2.45) is 0 Å². The molecule has 0 bridgehead atoms. The number of nitro benzene ring substituents is 2. The van der Waals surface area contributed by atoms with Gasteiger partial charge < -0.3 is 24.8 Å². The molecule has 0 saturated heterocycles.